The molecule has 3 rings (SSSR count). The third-order valence-corrected chi connectivity index (χ3v) is 3.58. The maximum absolute atomic E-state index is 5.69. The lowest BCUT2D eigenvalue weighted by atomic mass is 10.00. The molecule has 106 valence electrons. The topological polar surface area (TPSA) is 43.6 Å². The van der Waals surface area contributed by atoms with E-state index in [1.165, 1.54) is 0 Å². The van der Waals surface area contributed by atoms with Crippen molar-refractivity contribution in [3.63, 3.8) is 0 Å². The van der Waals surface area contributed by atoms with Gasteiger partial charge in [-0.1, -0.05) is 0 Å². The fourth-order valence-electron chi connectivity index (χ4n) is 2.52. The predicted octanol–water partition coefficient (Wildman–Crippen LogP) is 3.21. The number of rotatable bonds is 4. The summed E-state index contributed by atoms with van der Waals surface area (Å²) in [5, 5.41) is 3.53. The molecule has 1 aromatic heterocycles. The van der Waals surface area contributed by atoms with Gasteiger partial charge in [0, 0.05) is 18.0 Å². The number of nitrogens with one attached hydrogen (secondary N) is 1. The zero-order valence-electron chi connectivity index (χ0n) is 11.8. The lowest BCUT2D eigenvalue weighted by Gasteiger charge is -2.27. The Morgan fingerprint density at radius 1 is 1.30 bits per heavy atom. The Balaban J connectivity index is 1.75. The van der Waals surface area contributed by atoms with E-state index in [-0.39, 0.29) is 6.04 Å². The Morgan fingerprint density at radius 3 is 2.95 bits per heavy atom. The van der Waals surface area contributed by atoms with Crippen molar-refractivity contribution in [2.24, 2.45) is 0 Å². The largest absolute Gasteiger partial charge is 0.497 e. The van der Waals surface area contributed by atoms with Crippen LogP contribution < -0.4 is 14.8 Å². The van der Waals surface area contributed by atoms with Crippen LogP contribution in [0.25, 0.3) is 0 Å². The van der Waals surface area contributed by atoms with Gasteiger partial charge >= 0.3 is 0 Å². The van der Waals surface area contributed by atoms with Crippen molar-refractivity contribution in [2.45, 2.75) is 25.9 Å². The minimum Gasteiger partial charge on any atom is -0.497 e. The van der Waals surface area contributed by atoms with Gasteiger partial charge in [0.25, 0.3) is 0 Å². The molecule has 4 heteroatoms. The smallest absolute Gasteiger partial charge is 0.124 e. The van der Waals surface area contributed by atoms with Crippen LogP contribution >= 0.6 is 0 Å². The number of fused-ring (bicyclic) bond motifs is 1. The summed E-state index contributed by atoms with van der Waals surface area (Å²) < 4.78 is 16.6. The number of ether oxygens (including phenoxy) is 2. The van der Waals surface area contributed by atoms with Crippen LogP contribution in [0.1, 0.15) is 29.5 Å². The van der Waals surface area contributed by atoms with Gasteiger partial charge < -0.3 is 19.2 Å². The van der Waals surface area contributed by atoms with Gasteiger partial charge in [-0.05, 0) is 37.3 Å². The Kier molecular flexibility index (Phi) is 3.65. The van der Waals surface area contributed by atoms with Crippen molar-refractivity contribution in [1.29, 1.82) is 0 Å². The minimum atomic E-state index is 0.263. The van der Waals surface area contributed by atoms with Gasteiger partial charge in [0.2, 0.25) is 0 Å². The SMILES string of the molecule is COc1ccc2c(c1)C(NCc1ccc(C)o1)CCO2. The van der Waals surface area contributed by atoms with Crippen LogP contribution in [0.2, 0.25) is 0 Å². The van der Waals surface area contributed by atoms with E-state index < -0.39 is 0 Å². The van der Waals surface area contributed by atoms with Gasteiger partial charge in [0.15, 0.2) is 0 Å². The number of hydrogen-bond acceptors (Lipinski definition) is 4. The molecule has 1 unspecified atom stereocenters. The lowest BCUT2D eigenvalue weighted by molar-refractivity contribution is 0.248. The van der Waals surface area contributed by atoms with Crippen LogP contribution in [0.15, 0.2) is 34.7 Å². The Morgan fingerprint density at radius 2 is 2.20 bits per heavy atom. The summed E-state index contributed by atoms with van der Waals surface area (Å²) in [4.78, 5) is 0. The third kappa shape index (κ3) is 2.65. The van der Waals surface area contributed by atoms with Crippen molar-refractivity contribution in [2.75, 3.05) is 13.7 Å². The van der Waals surface area contributed by atoms with E-state index in [9.17, 15) is 0 Å². The van der Waals surface area contributed by atoms with Crippen LogP contribution in [0.4, 0.5) is 0 Å². The number of benzene rings is 1. The molecule has 1 aliphatic heterocycles. The lowest BCUT2D eigenvalue weighted by Crippen LogP contribution is -2.26. The van der Waals surface area contributed by atoms with E-state index in [0.717, 1.165) is 48.2 Å². The Bertz CT molecular complexity index is 591. The molecule has 20 heavy (non-hydrogen) atoms. The van der Waals surface area contributed by atoms with E-state index >= 15 is 0 Å². The van der Waals surface area contributed by atoms with Gasteiger partial charge in [-0.15, -0.1) is 0 Å². The average molecular weight is 273 g/mol. The molecule has 1 N–H and O–H groups in total. The highest BCUT2D eigenvalue weighted by Gasteiger charge is 2.22. The first-order chi connectivity index (χ1) is 9.76. The molecule has 0 saturated heterocycles. The van der Waals surface area contributed by atoms with E-state index in [4.69, 9.17) is 13.9 Å². The van der Waals surface area contributed by atoms with Crippen LogP contribution in [-0.2, 0) is 6.54 Å². The fourth-order valence-corrected chi connectivity index (χ4v) is 2.52. The summed E-state index contributed by atoms with van der Waals surface area (Å²) >= 11 is 0. The maximum Gasteiger partial charge on any atom is 0.124 e. The summed E-state index contributed by atoms with van der Waals surface area (Å²) in [6.07, 6.45) is 0.944. The first kappa shape index (κ1) is 13.1. The highest BCUT2D eigenvalue weighted by molar-refractivity contribution is 5.43. The van der Waals surface area contributed by atoms with Crippen molar-refractivity contribution >= 4 is 0 Å². The van der Waals surface area contributed by atoms with Gasteiger partial charge in [-0.3, -0.25) is 0 Å². The number of hydrogen-bond donors (Lipinski definition) is 1. The summed E-state index contributed by atoms with van der Waals surface area (Å²) in [6, 6.07) is 10.2. The summed E-state index contributed by atoms with van der Waals surface area (Å²) in [5.41, 5.74) is 1.15. The van der Waals surface area contributed by atoms with Gasteiger partial charge in [0.05, 0.1) is 20.3 Å². The zero-order valence-corrected chi connectivity index (χ0v) is 11.8. The number of furan rings is 1. The van der Waals surface area contributed by atoms with Crippen LogP contribution in [-0.4, -0.2) is 13.7 Å². The molecule has 2 aromatic rings. The molecule has 0 radical (unpaired) electrons. The zero-order chi connectivity index (χ0) is 13.9. The Hall–Kier alpha value is -1.94. The standard InChI is InChI=1S/C16H19NO3/c1-11-3-4-13(20-11)10-17-15-7-8-19-16-6-5-12(18-2)9-14(15)16/h3-6,9,15,17H,7-8,10H2,1-2H3. The summed E-state index contributed by atoms with van der Waals surface area (Å²) in [7, 11) is 1.68. The number of methoxy groups -OCH3 is 1. The van der Waals surface area contributed by atoms with Crippen molar-refractivity contribution in [1.82, 2.24) is 5.32 Å². The minimum absolute atomic E-state index is 0.263. The second-order valence-electron chi connectivity index (χ2n) is 4.99. The predicted molar refractivity (Wildman–Crippen MR) is 76.1 cm³/mol. The van der Waals surface area contributed by atoms with E-state index in [1.807, 2.05) is 37.3 Å². The average Bonchev–Trinajstić information content (AvgIpc) is 2.90. The van der Waals surface area contributed by atoms with E-state index in [1.54, 1.807) is 7.11 Å². The highest BCUT2D eigenvalue weighted by atomic mass is 16.5. The first-order valence-electron chi connectivity index (χ1n) is 6.85. The Labute approximate surface area is 118 Å². The van der Waals surface area contributed by atoms with Crippen LogP contribution in [0.5, 0.6) is 11.5 Å². The van der Waals surface area contributed by atoms with Crippen molar-refractivity contribution in [3.05, 3.63) is 47.4 Å². The van der Waals surface area contributed by atoms with Crippen molar-refractivity contribution in [3.8, 4) is 11.5 Å². The monoisotopic (exact) mass is 273 g/mol. The molecular formula is C16H19NO3. The highest BCUT2D eigenvalue weighted by Crippen LogP contribution is 2.34. The van der Waals surface area contributed by atoms with Crippen LogP contribution in [0, 0.1) is 6.92 Å². The molecular weight excluding hydrogens is 254 g/mol. The first-order valence-corrected chi connectivity index (χ1v) is 6.85. The van der Waals surface area contributed by atoms with E-state index in [2.05, 4.69) is 5.32 Å². The van der Waals surface area contributed by atoms with Crippen molar-refractivity contribution < 1.29 is 13.9 Å². The van der Waals surface area contributed by atoms with Gasteiger partial charge in [0.1, 0.15) is 23.0 Å². The third-order valence-electron chi connectivity index (χ3n) is 3.58. The second-order valence-corrected chi connectivity index (χ2v) is 4.99. The molecule has 1 atom stereocenters. The van der Waals surface area contributed by atoms with Crippen LogP contribution in [0.3, 0.4) is 0 Å². The van der Waals surface area contributed by atoms with E-state index in [0.29, 0.717) is 0 Å². The maximum atomic E-state index is 5.69. The summed E-state index contributed by atoms with van der Waals surface area (Å²) in [5.74, 6) is 3.69. The fraction of sp³-hybridized carbons (Fsp3) is 0.375. The number of aryl methyl sites for hydroxylation is 1. The molecule has 1 aromatic carbocycles. The molecule has 0 saturated carbocycles. The molecule has 2 heterocycles. The molecule has 4 nitrogen and oxygen atoms in total. The molecule has 0 spiro atoms. The molecule has 0 amide bonds. The second kappa shape index (κ2) is 5.59. The molecule has 0 aliphatic carbocycles. The molecule has 0 fully saturated rings. The quantitative estimate of drug-likeness (QED) is 0.929. The van der Waals surface area contributed by atoms with Gasteiger partial charge in [-0.2, -0.15) is 0 Å². The normalized spacial score (nSPS) is 17.4. The van der Waals surface area contributed by atoms with Gasteiger partial charge in [-0.25, -0.2) is 0 Å². The summed E-state index contributed by atoms with van der Waals surface area (Å²) in [6.45, 7) is 3.40. The molecule has 0 bridgehead atoms. The molecule has 1 aliphatic rings.